The Balaban J connectivity index is 2.35. The molecule has 1 atom stereocenters. The molecule has 0 spiro atoms. The molecule has 15 heavy (non-hydrogen) atoms. The Morgan fingerprint density at radius 2 is 2.13 bits per heavy atom. The van der Waals surface area contributed by atoms with Crippen molar-refractivity contribution >= 4 is 0 Å². The molecular weight excluding hydrogens is 186 g/mol. The Hall–Kier alpha value is -1.02. The van der Waals surface area contributed by atoms with E-state index in [0.717, 1.165) is 12.3 Å². The zero-order valence-corrected chi connectivity index (χ0v) is 9.76. The van der Waals surface area contributed by atoms with Gasteiger partial charge >= 0.3 is 0 Å². The second-order valence-corrected chi connectivity index (χ2v) is 4.31. The van der Waals surface area contributed by atoms with Crippen molar-refractivity contribution in [2.45, 2.75) is 32.7 Å². The predicted octanol–water partition coefficient (Wildman–Crippen LogP) is 2.74. The van der Waals surface area contributed by atoms with Gasteiger partial charge in [-0.25, -0.2) is 0 Å². The van der Waals surface area contributed by atoms with Crippen molar-refractivity contribution in [1.82, 2.24) is 5.32 Å². The van der Waals surface area contributed by atoms with E-state index >= 15 is 0 Å². The molecule has 0 amide bonds. The normalized spacial score (nSPS) is 20.6. The highest BCUT2D eigenvalue weighted by molar-refractivity contribution is 5.43. The van der Waals surface area contributed by atoms with Gasteiger partial charge in [0.25, 0.3) is 0 Å². The van der Waals surface area contributed by atoms with E-state index in [1.165, 1.54) is 29.5 Å². The minimum Gasteiger partial charge on any atom is -0.496 e. The van der Waals surface area contributed by atoms with E-state index in [1.807, 2.05) is 0 Å². The summed E-state index contributed by atoms with van der Waals surface area (Å²) in [6.45, 7) is 5.40. The number of hydrogen-bond donors (Lipinski definition) is 1. The summed E-state index contributed by atoms with van der Waals surface area (Å²) in [6.07, 6.45) is 2.52. The minimum absolute atomic E-state index is 0.526. The van der Waals surface area contributed by atoms with Gasteiger partial charge in [0.15, 0.2) is 0 Å². The van der Waals surface area contributed by atoms with E-state index in [0.29, 0.717) is 6.04 Å². The van der Waals surface area contributed by atoms with Gasteiger partial charge in [-0.05, 0) is 56.0 Å². The molecule has 1 N–H and O–H groups in total. The summed E-state index contributed by atoms with van der Waals surface area (Å²) in [6, 6.07) is 4.98. The van der Waals surface area contributed by atoms with E-state index in [-0.39, 0.29) is 0 Å². The van der Waals surface area contributed by atoms with Crippen LogP contribution < -0.4 is 10.1 Å². The van der Waals surface area contributed by atoms with Crippen molar-refractivity contribution in [3.05, 3.63) is 28.8 Å². The molecular formula is C13H19NO. The molecule has 0 bridgehead atoms. The summed E-state index contributed by atoms with van der Waals surface area (Å²) in [7, 11) is 1.74. The lowest BCUT2D eigenvalue weighted by Gasteiger charge is -2.15. The number of ether oxygens (including phenoxy) is 1. The largest absolute Gasteiger partial charge is 0.496 e. The van der Waals surface area contributed by atoms with Gasteiger partial charge in [0.1, 0.15) is 5.75 Å². The van der Waals surface area contributed by atoms with Crippen LogP contribution in [0.2, 0.25) is 0 Å². The van der Waals surface area contributed by atoms with Gasteiger partial charge < -0.3 is 10.1 Å². The molecule has 1 fully saturated rings. The smallest absolute Gasteiger partial charge is 0.122 e. The van der Waals surface area contributed by atoms with E-state index in [1.54, 1.807) is 7.11 Å². The first-order chi connectivity index (χ1) is 7.22. The number of benzene rings is 1. The van der Waals surface area contributed by atoms with Crippen LogP contribution in [0.3, 0.4) is 0 Å². The molecule has 2 rings (SSSR count). The summed E-state index contributed by atoms with van der Waals surface area (Å²) < 4.78 is 5.40. The van der Waals surface area contributed by atoms with Gasteiger partial charge in [0, 0.05) is 6.04 Å². The Labute approximate surface area is 91.6 Å². The molecule has 1 aromatic carbocycles. The molecule has 1 aromatic rings. The van der Waals surface area contributed by atoms with E-state index in [9.17, 15) is 0 Å². The van der Waals surface area contributed by atoms with Crippen LogP contribution in [-0.4, -0.2) is 13.7 Å². The van der Waals surface area contributed by atoms with Crippen molar-refractivity contribution in [2.24, 2.45) is 0 Å². The molecule has 1 saturated heterocycles. The van der Waals surface area contributed by atoms with Crippen molar-refractivity contribution in [2.75, 3.05) is 13.7 Å². The maximum atomic E-state index is 5.40. The fourth-order valence-corrected chi connectivity index (χ4v) is 2.24. The second kappa shape index (κ2) is 4.23. The number of nitrogens with one attached hydrogen (secondary N) is 1. The quantitative estimate of drug-likeness (QED) is 0.801. The maximum absolute atomic E-state index is 5.40. The molecule has 1 unspecified atom stereocenters. The Bertz CT molecular complexity index is 354. The van der Waals surface area contributed by atoms with E-state index in [4.69, 9.17) is 4.74 Å². The SMILES string of the molecule is COc1cc(C2CCCN2)cc(C)c1C. The summed E-state index contributed by atoms with van der Waals surface area (Å²) in [4.78, 5) is 0. The van der Waals surface area contributed by atoms with Crippen molar-refractivity contribution < 1.29 is 4.74 Å². The van der Waals surface area contributed by atoms with Crippen LogP contribution in [-0.2, 0) is 0 Å². The average molecular weight is 205 g/mol. The number of methoxy groups -OCH3 is 1. The first-order valence-corrected chi connectivity index (χ1v) is 5.61. The zero-order valence-electron chi connectivity index (χ0n) is 9.76. The lowest BCUT2D eigenvalue weighted by Crippen LogP contribution is -2.13. The second-order valence-electron chi connectivity index (χ2n) is 4.31. The molecule has 82 valence electrons. The third-order valence-electron chi connectivity index (χ3n) is 3.32. The fraction of sp³-hybridized carbons (Fsp3) is 0.538. The van der Waals surface area contributed by atoms with Gasteiger partial charge in [-0.2, -0.15) is 0 Å². The van der Waals surface area contributed by atoms with Crippen molar-refractivity contribution in [1.29, 1.82) is 0 Å². The molecule has 0 aromatic heterocycles. The third-order valence-corrected chi connectivity index (χ3v) is 3.32. The van der Waals surface area contributed by atoms with Crippen LogP contribution in [0.25, 0.3) is 0 Å². The molecule has 1 aliphatic rings. The first-order valence-electron chi connectivity index (χ1n) is 5.61. The van der Waals surface area contributed by atoms with Gasteiger partial charge in [0.2, 0.25) is 0 Å². The molecule has 0 saturated carbocycles. The van der Waals surface area contributed by atoms with Crippen LogP contribution in [0.1, 0.15) is 35.6 Å². The van der Waals surface area contributed by atoms with Gasteiger partial charge in [-0.15, -0.1) is 0 Å². The molecule has 2 heteroatoms. The van der Waals surface area contributed by atoms with Gasteiger partial charge in [-0.3, -0.25) is 0 Å². The van der Waals surface area contributed by atoms with Crippen LogP contribution in [0.15, 0.2) is 12.1 Å². The van der Waals surface area contributed by atoms with Gasteiger partial charge in [0.05, 0.1) is 7.11 Å². The monoisotopic (exact) mass is 205 g/mol. The van der Waals surface area contributed by atoms with Crippen LogP contribution in [0, 0.1) is 13.8 Å². The summed E-state index contributed by atoms with van der Waals surface area (Å²) in [5, 5.41) is 3.52. The van der Waals surface area contributed by atoms with E-state index < -0.39 is 0 Å². The highest BCUT2D eigenvalue weighted by Crippen LogP contribution is 2.30. The lowest BCUT2D eigenvalue weighted by molar-refractivity contribution is 0.410. The van der Waals surface area contributed by atoms with Crippen LogP contribution in [0.4, 0.5) is 0 Å². The molecule has 2 nitrogen and oxygen atoms in total. The number of rotatable bonds is 2. The van der Waals surface area contributed by atoms with Crippen LogP contribution >= 0.6 is 0 Å². The summed E-state index contributed by atoms with van der Waals surface area (Å²) in [5.74, 6) is 1.01. The summed E-state index contributed by atoms with van der Waals surface area (Å²) in [5.41, 5.74) is 3.93. The lowest BCUT2D eigenvalue weighted by atomic mass is 9.99. The van der Waals surface area contributed by atoms with Gasteiger partial charge in [-0.1, -0.05) is 6.07 Å². The average Bonchev–Trinajstić information content (AvgIpc) is 2.75. The zero-order chi connectivity index (χ0) is 10.8. The fourth-order valence-electron chi connectivity index (χ4n) is 2.24. The Kier molecular flexibility index (Phi) is 2.96. The first kappa shape index (κ1) is 10.5. The standard InChI is InChI=1S/C13H19NO/c1-9-7-11(12-5-4-6-14-12)8-13(15-3)10(9)2/h7-8,12,14H,4-6H2,1-3H3. The number of aryl methyl sites for hydroxylation is 1. The molecule has 1 aliphatic heterocycles. The topological polar surface area (TPSA) is 21.3 Å². The highest BCUT2D eigenvalue weighted by Gasteiger charge is 2.17. The molecule has 0 aliphatic carbocycles. The number of hydrogen-bond acceptors (Lipinski definition) is 2. The Morgan fingerprint density at radius 3 is 2.73 bits per heavy atom. The molecule has 1 heterocycles. The third kappa shape index (κ3) is 2.00. The van der Waals surface area contributed by atoms with Crippen LogP contribution in [0.5, 0.6) is 5.75 Å². The van der Waals surface area contributed by atoms with Crippen molar-refractivity contribution in [3.8, 4) is 5.75 Å². The van der Waals surface area contributed by atoms with Crippen molar-refractivity contribution in [3.63, 3.8) is 0 Å². The predicted molar refractivity (Wildman–Crippen MR) is 62.4 cm³/mol. The highest BCUT2D eigenvalue weighted by atomic mass is 16.5. The molecule has 0 radical (unpaired) electrons. The van der Waals surface area contributed by atoms with E-state index in [2.05, 4.69) is 31.3 Å². The summed E-state index contributed by atoms with van der Waals surface area (Å²) >= 11 is 0. The Morgan fingerprint density at radius 1 is 1.33 bits per heavy atom. The minimum atomic E-state index is 0.526. The maximum Gasteiger partial charge on any atom is 0.122 e.